The summed E-state index contributed by atoms with van der Waals surface area (Å²) in [5.74, 6) is 0.514. The third kappa shape index (κ3) is 2.08. The van der Waals surface area contributed by atoms with Gasteiger partial charge in [-0.3, -0.25) is 10.1 Å². The summed E-state index contributed by atoms with van der Waals surface area (Å²) in [6.45, 7) is 6.09. The monoisotopic (exact) mass is 212 g/mol. The highest BCUT2D eigenvalue weighted by Crippen LogP contribution is 2.27. The number of nitro groups is 1. The summed E-state index contributed by atoms with van der Waals surface area (Å²) in [7, 11) is 0. The maximum atomic E-state index is 10.6. The van der Waals surface area contributed by atoms with Crippen LogP contribution in [-0.4, -0.2) is 14.7 Å². The Hall–Kier alpha value is -1.59. The number of hydrogen-bond donors (Lipinski definition) is 1. The molecule has 1 aromatic heterocycles. The van der Waals surface area contributed by atoms with Gasteiger partial charge in [0.2, 0.25) is 5.82 Å². The molecule has 15 heavy (non-hydrogen) atoms. The van der Waals surface area contributed by atoms with Crippen molar-refractivity contribution < 1.29 is 4.92 Å². The number of anilines is 1. The van der Waals surface area contributed by atoms with Gasteiger partial charge >= 0.3 is 5.69 Å². The van der Waals surface area contributed by atoms with Gasteiger partial charge in [-0.05, 0) is 12.8 Å². The molecular formula is C9H16N4O2. The van der Waals surface area contributed by atoms with E-state index in [0.29, 0.717) is 5.92 Å². The van der Waals surface area contributed by atoms with Crippen LogP contribution in [0.5, 0.6) is 0 Å². The molecule has 84 valence electrons. The van der Waals surface area contributed by atoms with Crippen LogP contribution in [0.25, 0.3) is 0 Å². The van der Waals surface area contributed by atoms with Crippen LogP contribution in [0.4, 0.5) is 11.5 Å². The molecule has 0 bridgehead atoms. The minimum atomic E-state index is -0.512. The Labute approximate surface area is 88.2 Å². The van der Waals surface area contributed by atoms with Crippen LogP contribution in [-0.2, 0) is 0 Å². The minimum Gasteiger partial charge on any atom is -0.378 e. The van der Waals surface area contributed by atoms with Gasteiger partial charge in [0.15, 0.2) is 0 Å². The van der Waals surface area contributed by atoms with Gasteiger partial charge in [-0.25, -0.2) is 4.68 Å². The molecule has 0 spiro atoms. The maximum Gasteiger partial charge on any atom is 0.330 e. The maximum absolute atomic E-state index is 10.6. The Morgan fingerprint density at radius 2 is 2.27 bits per heavy atom. The van der Waals surface area contributed by atoms with Gasteiger partial charge in [0.1, 0.15) is 6.20 Å². The van der Waals surface area contributed by atoms with E-state index < -0.39 is 4.92 Å². The SMILES string of the molecule is CCC(C)C(C)n1ncc([N+](=O)[O-])c1N. The van der Waals surface area contributed by atoms with E-state index in [0.717, 1.165) is 6.42 Å². The normalized spacial score (nSPS) is 14.9. The van der Waals surface area contributed by atoms with Crippen LogP contribution in [0.1, 0.15) is 33.2 Å². The average molecular weight is 212 g/mol. The minimum absolute atomic E-state index is 0.0729. The second-order valence-corrected chi connectivity index (χ2v) is 3.74. The third-order valence-electron chi connectivity index (χ3n) is 2.86. The summed E-state index contributed by atoms with van der Waals surface area (Å²) in [4.78, 5) is 10.1. The van der Waals surface area contributed by atoms with E-state index in [9.17, 15) is 10.1 Å². The molecule has 0 fully saturated rings. The van der Waals surface area contributed by atoms with Gasteiger partial charge in [0.05, 0.1) is 11.0 Å². The van der Waals surface area contributed by atoms with E-state index in [1.54, 1.807) is 0 Å². The zero-order valence-corrected chi connectivity index (χ0v) is 9.17. The molecule has 6 heteroatoms. The summed E-state index contributed by atoms with van der Waals surface area (Å²) >= 11 is 0. The topological polar surface area (TPSA) is 87.0 Å². The fraction of sp³-hybridized carbons (Fsp3) is 0.667. The van der Waals surface area contributed by atoms with Crippen molar-refractivity contribution in [3.05, 3.63) is 16.3 Å². The Kier molecular flexibility index (Phi) is 3.28. The van der Waals surface area contributed by atoms with E-state index in [1.165, 1.54) is 10.9 Å². The molecular weight excluding hydrogens is 196 g/mol. The molecule has 0 aliphatic rings. The first kappa shape index (κ1) is 11.5. The molecule has 0 saturated heterocycles. The van der Waals surface area contributed by atoms with Crippen molar-refractivity contribution in [1.29, 1.82) is 0 Å². The van der Waals surface area contributed by atoms with Crippen molar-refractivity contribution in [2.75, 3.05) is 5.73 Å². The van der Waals surface area contributed by atoms with E-state index in [4.69, 9.17) is 5.73 Å². The molecule has 2 N–H and O–H groups in total. The van der Waals surface area contributed by atoms with Crippen LogP contribution < -0.4 is 5.73 Å². The molecule has 6 nitrogen and oxygen atoms in total. The van der Waals surface area contributed by atoms with Crippen molar-refractivity contribution >= 4 is 11.5 Å². The molecule has 2 unspecified atom stereocenters. The lowest BCUT2D eigenvalue weighted by molar-refractivity contribution is -0.384. The van der Waals surface area contributed by atoms with Crippen LogP contribution >= 0.6 is 0 Å². The highest BCUT2D eigenvalue weighted by Gasteiger charge is 2.22. The molecule has 0 radical (unpaired) electrons. The van der Waals surface area contributed by atoms with Crippen LogP contribution in [0, 0.1) is 16.0 Å². The first-order chi connectivity index (χ1) is 6.99. The van der Waals surface area contributed by atoms with E-state index >= 15 is 0 Å². The molecule has 0 aromatic carbocycles. The van der Waals surface area contributed by atoms with Crippen LogP contribution in [0.3, 0.4) is 0 Å². The standard InChI is InChI=1S/C9H16N4O2/c1-4-6(2)7(3)12-9(10)8(5-11-12)13(14)15/h5-7H,4,10H2,1-3H3. The van der Waals surface area contributed by atoms with Crippen molar-refractivity contribution in [3.63, 3.8) is 0 Å². The van der Waals surface area contributed by atoms with Gasteiger partial charge < -0.3 is 5.73 Å². The summed E-state index contributed by atoms with van der Waals surface area (Å²) in [6.07, 6.45) is 2.18. The first-order valence-corrected chi connectivity index (χ1v) is 4.96. The molecule has 0 aliphatic carbocycles. The van der Waals surface area contributed by atoms with E-state index in [-0.39, 0.29) is 17.5 Å². The van der Waals surface area contributed by atoms with Gasteiger partial charge in [0.25, 0.3) is 0 Å². The second-order valence-electron chi connectivity index (χ2n) is 3.74. The fourth-order valence-electron chi connectivity index (χ4n) is 1.41. The molecule has 0 amide bonds. The quantitative estimate of drug-likeness (QED) is 0.610. The van der Waals surface area contributed by atoms with Gasteiger partial charge in [-0.1, -0.05) is 20.3 Å². The highest BCUT2D eigenvalue weighted by atomic mass is 16.6. The predicted molar refractivity (Wildman–Crippen MR) is 57.5 cm³/mol. The van der Waals surface area contributed by atoms with Crippen LogP contribution in [0.2, 0.25) is 0 Å². The Balaban J connectivity index is 3.01. The Morgan fingerprint density at radius 3 is 2.67 bits per heavy atom. The van der Waals surface area contributed by atoms with Crippen molar-refractivity contribution in [1.82, 2.24) is 9.78 Å². The van der Waals surface area contributed by atoms with Gasteiger partial charge in [-0.15, -0.1) is 0 Å². The number of hydrogen-bond acceptors (Lipinski definition) is 4. The zero-order valence-electron chi connectivity index (χ0n) is 9.17. The summed E-state index contributed by atoms with van der Waals surface area (Å²) in [6, 6.07) is 0.0729. The third-order valence-corrected chi connectivity index (χ3v) is 2.86. The fourth-order valence-corrected chi connectivity index (χ4v) is 1.41. The Bertz CT molecular complexity index is 361. The van der Waals surface area contributed by atoms with Gasteiger partial charge in [-0.2, -0.15) is 5.10 Å². The number of nitrogen functional groups attached to an aromatic ring is 1. The van der Waals surface area contributed by atoms with Crippen molar-refractivity contribution in [3.8, 4) is 0 Å². The molecule has 1 rings (SSSR count). The molecule has 1 heterocycles. The largest absolute Gasteiger partial charge is 0.378 e. The molecule has 1 aromatic rings. The number of nitrogens with two attached hydrogens (primary N) is 1. The van der Waals surface area contributed by atoms with E-state index in [2.05, 4.69) is 18.9 Å². The summed E-state index contributed by atoms with van der Waals surface area (Å²) in [5.41, 5.74) is 5.54. The predicted octanol–water partition coefficient (Wildman–Crippen LogP) is 1.98. The number of rotatable bonds is 4. The molecule has 0 saturated carbocycles. The highest BCUT2D eigenvalue weighted by molar-refractivity contribution is 5.51. The lowest BCUT2D eigenvalue weighted by atomic mass is 10.0. The van der Waals surface area contributed by atoms with Crippen molar-refractivity contribution in [2.24, 2.45) is 5.92 Å². The Morgan fingerprint density at radius 1 is 1.67 bits per heavy atom. The zero-order chi connectivity index (χ0) is 11.6. The molecule has 2 atom stereocenters. The van der Waals surface area contributed by atoms with Crippen molar-refractivity contribution in [2.45, 2.75) is 33.2 Å². The number of aromatic nitrogens is 2. The smallest absolute Gasteiger partial charge is 0.330 e. The average Bonchev–Trinajstić information content (AvgIpc) is 2.57. The summed E-state index contributed by atoms with van der Waals surface area (Å²) < 4.78 is 1.52. The van der Waals surface area contributed by atoms with Gasteiger partial charge in [0, 0.05) is 0 Å². The molecule has 0 aliphatic heterocycles. The number of nitrogens with zero attached hydrogens (tertiary/aromatic N) is 3. The van der Waals surface area contributed by atoms with E-state index in [1.807, 2.05) is 6.92 Å². The van der Waals surface area contributed by atoms with Crippen LogP contribution in [0.15, 0.2) is 6.20 Å². The lowest BCUT2D eigenvalue weighted by Gasteiger charge is -2.19. The second kappa shape index (κ2) is 4.29. The lowest BCUT2D eigenvalue weighted by Crippen LogP contribution is -2.16. The summed E-state index contributed by atoms with van der Waals surface area (Å²) in [5, 5.41) is 14.5. The first-order valence-electron chi connectivity index (χ1n) is 4.96.